The van der Waals surface area contributed by atoms with E-state index < -0.39 is 24.1 Å². The van der Waals surface area contributed by atoms with Crippen LogP contribution in [-0.4, -0.2) is 96.4 Å². The molecule has 1 amide bonds. The third-order valence-corrected chi connectivity index (χ3v) is 5.60. The number of amides is 1. The van der Waals surface area contributed by atoms with Crippen molar-refractivity contribution < 1.29 is 24.2 Å². The summed E-state index contributed by atoms with van der Waals surface area (Å²) in [5.41, 5.74) is 0. The van der Waals surface area contributed by atoms with Crippen LogP contribution >= 0.6 is 0 Å². The van der Waals surface area contributed by atoms with Crippen LogP contribution in [0.1, 0.15) is 65.7 Å². The Balaban J connectivity index is 0.00000364. The van der Waals surface area contributed by atoms with Gasteiger partial charge in [-0.2, -0.15) is 0 Å². The molecule has 0 aromatic rings. The molecule has 2 aliphatic rings. The first kappa shape index (κ1) is 24.7. The second-order valence-electron chi connectivity index (χ2n) is 7.43. The molecule has 2 N–H and O–H groups in total. The molecule has 0 aromatic carbocycles. The van der Waals surface area contributed by atoms with Gasteiger partial charge < -0.3 is 14.7 Å². The molecule has 2 unspecified atom stereocenters. The molecule has 0 spiro atoms. The van der Waals surface area contributed by atoms with E-state index in [0.717, 1.165) is 32.1 Å². The second-order valence-corrected chi connectivity index (χ2v) is 7.43. The van der Waals surface area contributed by atoms with Crippen molar-refractivity contribution in [3.8, 4) is 0 Å². The number of carbonyl (C=O) groups excluding carboxylic acids is 2. The van der Waals surface area contributed by atoms with Gasteiger partial charge in [0.15, 0.2) is 0 Å². The summed E-state index contributed by atoms with van der Waals surface area (Å²) in [6.45, 7) is 5.72. The minimum atomic E-state index is -0.935. The summed E-state index contributed by atoms with van der Waals surface area (Å²) in [5.74, 6) is -1.24. The van der Waals surface area contributed by atoms with E-state index >= 15 is 0 Å². The van der Waals surface area contributed by atoms with Gasteiger partial charge in [-0.1, -0.05) is 26.2 Å². The Labute approximate surface area is 191 Å². The number of nitrogens with one attached hydrogen (secondary N) is 1. The number of likely N-dealkylation sites (tertiary alicyclic amines) is 1. The van der Waals surface area contributed by atoms with Crippen LogP contribution in [-0.2, 0) is 19.1 Å². The number of carboxylic acids is 1. The fraction of sp³-hybridized carbons (Fsp3) is 0.842. The van der Waals surface area contributed by atoms with Gasteiger partial charge >= 0.3 is 49.7 Å². The fourth-order valence-corrected chi connectivity index (χ4v) is 4.39. The third kappa shape index (κ3) is 6.05. The van der Waals surface area contributed by atoms with E-state index in [9.17, 15) is 19.5 Å². The number of rotatable bonds is 8. The molecule has 1 aliphatic carbocycles. The van der Waals surface area contributed by atoms with Crippen molar-refractivity contribution in [1.82, 2.24) is 10.2 Å². The molecular weight excluding hydrogens is 376 g/mol. The van der Waals surface area contributed by atoms with Crippen LogP contribution in [0.2, 0.25) is 0 Å². The topological polar surface area (TPSA) is 95.9 Å². The van der Waals surface area contributed by atoms with E-state index in [-0.39, 0.29) is 61.6 Å². The van der Waals surface area contributed by atoms with Crippen molar-refractivity contribution in [2.24, 2.45) is 5.92 Å². The van der Waals surface area contributed by atoms with Crippen LogP contribution in [0.25, 0.3) is 0 Å². The van der Waals surface area contributed by atoms with Crippen molar-refractivity contribution in [3.05, 3.63) is 0 Å². The first-order valence-corrected chi connectivity index (χ1v) is 9.88. The van der Waals surface area contributed by atoms with Gasteiger partial charge in [0, 0.05) is 6.04 Å². The molecule has 1 heterocycles. The standard InChI is InChI=1S/C19H32N2O5.Ca.2H/c1-4-8-14(19(25)26-5-2)20-12(3)17(22)21-15-10-7-6-9-13(15)11-16(21)18(23)24;;;/h12-16,20H,4-11H2,1-3H3,(H,23,24);;;/t12?,13-,14?,15-,16-;;;/m0.../s1. The Morgan fingerprint density at radius 1 is 1.22 bits per heavy atom. The van der Waals surface area contributed by atoms with Crippen LogP contribution in [0.5, 0.6) is 0 Å². The van der Waals surface area contributed by atoms with E-state index in [1.165, 1.54) is 0 Å². The first-order valence-electron chi connectivity index (χ1n) is 9.88. The van der Waals surface area contributed by atoms with E-state index in [0.29, 0.717) is 19.4 Å². The molecular formula is C19H34CaN2O5. The van der Waals surface area contributed by atoms with Crippen molar-refractivity contribution in [1.29, 1.82) is 0 Å². The SMILES string of the molecule is CCCC(NC(C)C(=O)N1[C@H](C(=O)O)C[C@@H]2CCCC[C@@H]21)C(=O)OCC.[CaH2]. The van der Waals surface area contributed by atoms with Gasteiger partial charge in [0.1, 0.15) is 12.1 Å². The Hall–Kier alpha value is -0.370. The number of hydrogen-bond acceptors (Lipinski definition) is 5. The van der Waals surface area contributed by atoms with E-state index in [2.05, 4.69) is 5.32 Å². The molecule has 152 valence electrons. The second kappa shape index (κ2) is 11.6. The number of carboxylic acid groups (broad SMARTS) is 1. The number of esters is 1. The Bertz CT molecular complexity index is 530. The van der Waals surface area contributed by atoms with E-state index in [4.69, 9.17) is 4.74 Å². The Morgan fingerprint density at radius 3 is 2.48 bits per heavy atom. The van der Waals surface area contributed by atoms with Gasteiger partial charge in [0.05, 0.1) is 12.6 Å². The molecule has 8 heteroatoms. The summed E-state index contributed by atoms with van der Waals surface area (Å²) in [6.07, 6.45) is 5.87. The summed E-state index contributed by atoms with van der Waals surface area (Å²) in [5, 5.41) is 12.7. The van der Waals surface area contributed by atoms with Crippen molar-refractivity contribution in [2.45, 2.75) is 89.9 Å². The summed E-state index contributed by atoms with van der Waals surface area (Å²) in [4.78, 5) is 38.5. The zero-order valence-corrected chi connectivity index (χ0v) is 16.1. The number of fused-ring (bicyclic) bond motifs is 1. The molecule has 0 radical (unpaired) electrons. The molecule has 1 saturated carbocycles. The van der Waals surface area contributed by atoms with Gasteiger partial charge in [-0.25, -0.2) is 4.79 Å². The van der Waals surface area contributed by atoms with Crippen LogP contribution in [0.4, 0.5) is 0 Å². The average molecular weight is 411 g/mol. The van der Waals surface area contributed by atoms with Crippen LogP contribution in [0.3, 0.4) is 0 Å². The predicted octanol–water partition coefficient (Wildman–Crippen LogP) is 1.02. The first-order chi connectivity index (χ1) is 12.4. The zero-order valence-electron chi connectivity index (χ0n) is 16.1. The zero-order chi connectivity index (χ0) is 19.3. The maximum atomic E-state index is 13.1. The molecule has 0 aromatic heterocycles. The number of aliphatic carboxylic acids is 1. The minimum absolute atomic E-state index is 0. The molecule has 2 rings (SSSR count). The number of nitrogens with zero attached hydrogens (tertiary/aromatic N) is 1. The van der Waals surface area contributed by atoms with Crippen molar-refractivity contribution >= 4 is 55.6 Å². The van der Waals surface area contributed by atoms with Gasteiger partial charge in [-0.15, -0.1) is 0 Å². The number of ether oxygens (including phenoxy) is 1. The Kier molecular flexibility index (Phi) is 10.6. The maximum absolute atomic E-state index is 13.1. The fourth-order valence-electron chi connectivity index (χ4n) is 4.39. The molecule has 27 heavy (non-hydrogen) atoms. The van der Waals surface area contributed by atoms with E-state index in [1.807, 2.05) is 6.92 Å². The van der Waals surface area contributed by atoms with Crippen molar-refractivity contribution in [3.63, 3.8) is 0 Å². The number of carbonyl (C=O) groups is 3. The van der Waals surface area contributed by atoms with Crippen LogP contribution in [0.15, 0.2) is 0 Å². The molecule has 5 atom stereocenters. The average Bonchev–Trinajstić information content (AvgIpc) is 3.00. The molecule has 2 fully saturated rings. The van der Waals surface area contributed by atoms with E-state index in [1.54, 1.807) is 18.7 Å². The molecule has 0 bridgehead atoms. The third-order valence-electron chi connectivity index (χ3n) is 5.60. The monoisotopic (exact) mass is 410 g/mol. The van der Waals surface area contributed by atoms with Crippen LogP contribution < -0.4 is 5.32 Å². The molecule has 1 aliphatic heterocycles. The van der Waals surface area contributed by atoms with Crippen LogP contribution in [0, 0.1) is 5.92 Å². The normalized spacial score (nSPS) is 26.5. The van der Waals surface area contributed by atoms with Gasteiger partial charge in [-0.3, -0.25) is 14.9 Å². The van der Waals surface area contributed by atoms with Gasteiger partial charge in [0.2, 0.25) is 5.91 Å². The summed E-state index contributed by atoms with van der Waals surface area (Å²) < 4.78 is 5.09. The summed E-state index contributed by atoms with van der Waals surface area (Å²) >= 11 is 0. The Morgan fingerprint density at radius 2 is 1.89 bits per heavy atom. The predicted molar refractivity (Wildman–Crippen MR) is 105 cm³/mol. The molecule has 7 nitrogen and oxygen atoms in total. The van der Waals surface area contributed by atoms with Crippen molar-refractivity contribution in [2.75, 3.05) is 6.61 Å². The molecule has 1 saturated heterocycles. The quantitative estimate of drug-likeness (QED) is 0.458. The summed E-state index contributed by atoms with van der Waals surface area (Å²) in [6, 6.07) is -1.92. The number of hydrogen-bond donors (Lipinski definition) is 2. The summed E-state index contributed by atoms with van der Waals surface area (Å²) in [7, 11) is 0. The van der Waals surface area contributed by atoms with Gasteiger partial charge in [0.25, 0.3) is 0 Å². The van der Waals surface area contributed by atoms with Gasteiger partial charge in [-0.05, 0) is 45.4 Å².